The summed E-state index contributed by atoms with van der Waals surface area (Å²) in [5.41, 5.74) is 0.921. The van der Waals surface area contributed by atoms with Crippen molar-refractivity contribution in [2.45, 2.75) is 51.4 Å². The molecule has 0 bridgehead atoms. The third kappa shape index (κ3) is 3.65. The molecule has 0 aromatic heterocycles. The number of amides is 2. The quantitative estimate of drug-likeness (QED) is 0.709. The Balaban J connectivity index is 0.00000243. The smallest absolute Gasteiger partial charge is 0.240 e. The Morgan fingerprint density at radius 2 is 1.96 bits per heavy atom. The Hall–Kier alpha value is -1.46. The van der Waals surface area contributed by atoms with Crippen molar-refractivity contribution >= 4 is 24.2 Å². The molecule has 1 fully saturated rings. The molecule has 144 valence electrons. The molecule has 1 heterocycles. The van der Waals surface area contributed by atoms with Crippen LogP contribution in [0.15, 0.2) is 18.2 Å². The van der Waals surface area contributed by atoms with Crippen LogP contribution >= 0.6 is 12.4 Å². The van der Waals surface area contributed by atoms with Crippen LogP contribution < -0.4 is 0 Å². The summed E-state index contributed by atoms with van der Waals surface area (Å²) in [6.07, 6.45) is 3.32. The second-order valence-electron chi connectivity index (χ2n) is 7.14. The van der Waals surface area contributed by atoms with Crippen LogP contribution in [0.5, 0.6) is 0 Å². The topological polar surface area (TPSA) is 40.6 Å². The highest BCUT2D eigenvalue weighted by Gasteiger charge is 2.53. The van der Waals surface area contributed by atoms with E-state index in [0.717, 1.165) is 50.0 Å². The van der Waals surface area contributed by atoms with Gasteiger partial charge >= 0.3 is 0 Å². The number of carbonyl (C=O) groups is 2. The predicted octanol–water partition coefficient (Wildman–Crippen LogP) is 3.31. The van der Waals surface area contributed by atoms with Crippen molar-refractivity contribution in [1.29, 1.82) is 0 Å². The monoisotopic (exact) mass is 382 g/mol. The van der Waals surface area contributed by atoms with Crippen LogP contribution in [0.1, 0.15) is 50.7 Å². The minimum atomic E-state index is -0.831. The summed E-state index contributed by atoms with van der Waals surface area (Å²) >= 11 is 0. The van der Waals surface area contributed by atoms with Gasteiger partial charge in [0.25, 0.3) is 0 Å². The molecule has 1 atom stereocenters. The summed E-state index contributed by atoms with van der Waals surface area (Å²) in [5.74, 6) is -0.564. The Kier molecular flexibility index (Phi) is 6.80. The number of imide groups is 1. The third-order valence-electron chi connectivity index (χ3n) is 5.80. The molecular weight excluding hydrogens is 355 g/mol. The van der Waals surface area contributed by atoms with Crippen LogP contribution in [0.4, 0.5) is 4.39 Å². The average Bonchev–Trinajstić information content (AvgIpc) is 2.84. The average molecular weight is 383 g/mol. The molecule has 1 unspecified atom stereocenters. The lowest BCUT2D eigenvalue weighted by Gasteiger charge is -2.33. The Bertz CT molecular complexity index is 678. The van der Waals surface area contributed by atoms with E-state index in [-0.39, 0.29) is 36.5 Å². The van der Waals surface area contributed by atoms with Gasteiger partial charge in [-0.1, -0.05) is 19.9 Å². The van der Waals surface area contributed by atoms with E-state index in [4.69, 9.17) is 0 Å². The number of aryl methyl sites for hydroxylation is 1. The normalized spacial score (nSPS) is 22.1. The molecule has 4 nitrogen and oxygen atoms in total. The van der Waals surface area contributed by atoms with Crippen molar-refractivity contribution in [2.75, 3.05) is 26.2 Å². The molecule has 26 heavy (non-hydrogen) atoms. The molecule has 3 rings (SSSR count). The number of benzene rings is 1. The molecule has 1 aromatic rings. The van der Waals surface area contributed by atoms with Crippen molar-refractivity contribution in [1.82, 2.24) is 9.80 Å². The molecule has 0 saturated carbocycles. The van der Waals surface area contributed by atoms with Crippen molar-refractivity contribution < 1.29 is 14.0 Å². The third-order valence-corrected chi connectivity index (χ3v) is 5.80. The van der Waals surface area contributed by atoms with Gasteiger partial charge in [-0.3, -0.25) is 14.5 Å². The van der Waals surface area contributed by atoms with Crippen molar-refractivity contribution in [3.63, 3.8) is 0 Å². The van der Waals surface area contributed by atoms with Gasteiger partial charge in [-0.05, 0) is 68.6 Å². The summed E-state index contributed by atoms with van der Waals surface area (Å²) in [6, 6.07) is 4.69. The van der Waals surface area contributed by atoms with Crippen molar-refractivity contribution in [3.8, 4) is 0 Å². The minimum absolute atomic E-state index is 0. The van der Waals surface area contributed by atoms with Gasteiger partial charge in [0.2, 0.25) is 11.8 Å². The van der Waals surface area contributed by atoms with Gasteiger partial charge in [0.15, 0.2) is 0 Å². The fraction of sp³-hybridized carbons (Fsp3) is 0.600. The fourth-order valence-corrected chi connectivity index (χ4v) is 4.35. The Labute approximate surface area is 161 Å². The van der Waals surface area contributed by atoms with Crippen LogP contribution in [0.25, 0.3) is 0 Å². The van der Waals surface area contributed by atoms with Gasteiger partial charge in [-0.25, -0.2) is 4.39 Å². The highest BCUT2D eigenvalue weighted by Crippen LogP contribution is 2.45. The number of hydrogen-bond acceptors (Lipinski definition) is 3. The number of carbonyl (C=O) groups excluding carboxylic acids is 2. The maximum absolute atomic E-state index is 13.8. The molecular formula is C20H28ClFN2O2. The lowest BCUT2D eigenvalue weighted by atomic mass is 9.69. The van der Waals surface area contributed by atoms with Crippen molar-refractivity contribution in [2.24, 2.45) is 0 Å². The van der Waals surface area contributed by atoms with E-state index in [0.29, 0.717) is 13.0 Å². The van der Waals surface area contributed by atoms with Crippen LogP contribution in [-0.4, -0.2) is 47.8 Å². The lowest BCUT2D eigenvalue weighted by molar-refractivity contribution is -0.140. The Morgan fingerprint density at radius 3 is 2.65 bits per heavy atom. The zero-order valence-corrected chi connectivity index (χ0v) is 16.4. The first kappa shape index (κ1) is 20.8. The first-order valence-electron chi connectivity index (χ1n) is 9.38. The molecule has 2 amide bonds. The number of hydrogen-bond donors (Lipinski definition) is 0. The first-order chi connectivity index (χ1) is 12.0. The number of nitrogens with zero attached hydrogens (tertiary/aromatic N) is 2. The van der Waals surface area contributed by atoms with Crippen LogP contribution in [0.3, 0.4) is 0 Å². The first-order valence-corrected chi connectivity index (χ1v) is 9.38. The number of halogens is 2. The van der Waals surface area contributed by atoms with Gasteiger partial charge in [0.05, 0.1) is 5.41 Å². The second-order valence-corrected chi connectivity index (χ2v) is 7.14. The Morgan fingerprint density at radius 1 is 1.23 bits per heavy atom. The van der Waals surface area contributed by atoms with E-state index in [1.54, 1.807) is 6.07 Å². The van der Waals surface area contributed by atoms with E-state index in [1.807, 2.05) is 0 Å². The van der Waals surface area contributed by atoms with Gasteiger partial charge in [0.1, 0.15) is 5.82 Å². The molecule has 1 saturated heterocycles. The van der Waals surface area contributed by atoms with E-state index in [9.17, 15) is 14.0 Å². The van der Waals surface area contributed by atoms with Gasteiger partial charge < -0.3 is 4.90 Å². The molecule has 0 radical (unpaired) electrons. The zero-order valence-electron chi connectivity index (χ0n) is 15.6. The van der Waals surface area contributed by atoms with Gasteiger partial charge in [-0.2, -0.15) is 0 Å². The molecule has 6 heteroatoms. The van der Waals surface area contributed by atoms with Gasteiger partial charge in [-0.15, -0.1) is 12.4 Å². The van der Waals surface area contributed by atoms with Gasteiger partial charge in [0, 0.05) is 13.0 Å². The number of likely N-dealkylation sites (tertiary alicyclic amines) is 1. The largest absolute Gasteiger partial charge is 0.304 e. The molecule has 1 spiro atoms. The SMILES string of the molecule is CCN(CC)CCCN1C(=O)CC2(CCCc3ccc(F)cc32)C1=O.Cl. The van der Waals surface area contributed by atoms with E-state index >= 15 is 0 Å². The van der Waals surface area contributed by atoms with E-state index in [2.05, 4.69) is 18.7 Å². The molecule has 1 aliphatic heterocycles. The summed E-state index contributed by atoms with van der Waals surface area (Å²) < 4.78 is 13.8. The summed E-state index contributed by atoms with van der Waals surface area (Å²) in [7, 11) is 0. The summed E-state index contributed by atoms with van der Waals surface area (Å²) in [5, 5.41) is 0. The van der Waals surface area contributed by atoms with Crippen LogP contribution in [0.2, 0.25) is 0 Å². The number of rotatable bonds is 6. The maximum Gasteiger partial charge on any atom is 0.240 e. The van der Waals surface area contributed by atoms with E-state index < -0.39 is 5.41 Å². The summed E-state index contributed by atoms with van der Waals surface area (Å²) in [6.45, 7) is 7.49. The molecule has 1 aromatic carbocycles. The molecule has 0 N–H and O–H groups in total. The lowest BCUT2D eigenvalue weighted by Crippen LogP contribution is -2.41. The second kappa shape index (κ2) is 8.49. The van der Waals surface area contributed by atoms with Crippen LogP contribution in [-0.2, 0) is 21.4 Å². The highest BCUT2D eigenvalue weighted by molar-refractivity contribution is 6.09. The predicted molar refractivity (Wildman–Crippen MR) is 102 cm³/mol. The van der Waals surface area contributed by atoms with E-state index in [1.165, 1.54) is 17.0 Å². The zero-order chi connectivity index (χ0) is 18.0. The van der Waals surface area contributed by atoms with Crippen LogP contribution in [0, 0.1) is 5.82 Å². The molecule has 2 aliphatic rings. The highest BCUT2D eigenvalue weighted by atomic mass is 35.5. The summed E-state index contributed by atoms with van der Waals surface area (Å²) in [4.78, 5) is 29.4. The maximum atomic E-state index is 13.8. The minimum Gasteiger partial charge on any atom is -0.304 e. The fourth-order valence-electron chi connectivity index (χ4n) is 4.35. The number of fused-ring (bicyclic) bond motifs is 2. The van der Waals surface area contributed by atoms with Crippen molar-refractivity contribution in [3.05, 3.63) is 35.1 Å². The standard InChI is InChI=1S/C20H27FN2O2.ClH/c1-3-22(4-2)11-6-12-23-18(24)14-20(19(23)25)10-5-7-15-8-9-16(21)13-17(15)20;/h8-9,13H,3-7,10-12,14H2,1-2H3;1H. The molecule has 1 aliphatic carbocycles.